The number of aliphatic hydroxyl groups is 1. The fraction of sp³-hybridized carbons (Fsp3) is 0.412. The van der Waals surface area contributed by atoms with Gasteiger partial charge in [-0.05, 0) is 42.7 Å². The van der Waals surface area contributed by atoms with Crippen LogP contribution in [0.1, 0.15) is 37.4 Å². The van der Waals surface area contributed by atoms with E-state index in [1.165, 1.54) is 0 Å². The average molecular weight is 291 g/mol. The molecule has 1 aliphatic heterocycles. The quantitative estimate of drug-likeness (QED) is 0.899. The van der Waals surface area contributed by atoms with Crippen molar-refractivity contribution in [2.75, 3.05) is 6.61 Å². The van der Waals surface area contributed by atoms with Gasteiger partial charge in [0, 0.05) is 17.0 Å². The number of halogens is 1. The highest BCUT2D eigenvalue weighted by Gasteiger charge is 2.19. The van der Waals surface area contributed by atoms with Gasteiger partial charge in [0.15, 0.2) is 0 Å². The van der Waals surface area contributed by atoms with Crippen LogP contribution in [0.15, 0.2) is 36.4 Å². The molecule has 0 aliphatic carbocycles. The first-order valence-corrected chi connectivity index (χ1v) is 7.60. The predicted molar refractivity (Wildman–Crippen MR) is 82.1 cm³/mol. The summed E-state index contributed by atoms with van der Waals surface area (Å²) in [7, 11) is 0. The number of hydrogen-bond acceptors (Lipinski definition) is 2. The molecule has 1 saturated heterocycles. The molecule has 106 valence electrons. The number of benzene rings is 2. The minimum Gasteiger partial charge on any atom is -0.388 e. The molecule has 20 heavy (non-hydrogen) atoms. The molecule has 0 radical (unpaired) electrons. The highest BCUT2D eigenvalue weighted by Crippen LogP contribution is 2.32. The fourth-order valence-electron chi connectivity index (χ4n) is 2.95. The Morgan fingerprint density at radius 3 is 2.75 bits per heavy atom. The maximum Gasteiger partial charge on any atom is 0.0797 e. The van der Waals surface area contributed by atoms with Crippen molar-refractivity contribution in [2.45, 2.75) is 37.9 Å². The zero-order valence-electron chi connectivity index (χ0n) is 11.4. The van der Waals surface area contributed by atoms with Crippen LogP contribution < -0.4 is 0 Å². The van der Waals surface area contributed by atoms with E-state index in [1.54, 1.807) is 0 Å². The molecular weight excluding hydrogens is 272 g/mol. The summed E-state index contributed by atoms with van der Waals surface area (Å²) in [6, 6.07) is 11.8. The summed E-state index contributed by atoms with van der Waals surface area (Å²) in [5.41, 5.74) is 0.961. The minimum absolute atomic E-state index is 0.322. The highest BCUT2D eigenvalue weighted by molar-refractivity contribution is 6.35. The van der Waals surface area contributed by atoms with Crippen molar-refractivity contribution in [1.29, 1.82) is 0 Å². The van der Waals surface area contributed by atoms with Gasteiger partial charge < -0.3 is 9.84 Å². The third kappa shape index (κ3) is 2.83. The lowest BCUT2D eigenvalue weighted by Gasteiger charge is -2.16. The van der Waals surface area contributed by atoms with E-state index in [2.05, 4.69) is 0 Å². The number of aliphatic hydroxyl groups excluding tert-OH is 1. The Bertz CT molecular complexity index is 591. The Morgan fingerprint density at radius 2 is 2.00 bits per heavy atom. The summed E-state index contributed by atoms with van der Waals surface area (Å²) in [6.45, 7) is 0.866. The van der Waals surface area contributed by atoms with Gasteiger partial charge in [-0.2, -0.15) is 0 Å². The smallest absolute Gasteiger partial charge is 0.0797 e. The first kappa shape index (κ1) is 13.9. The Kier molecular flexibility index (Phi) is 4.25. The van der Waals surface area contributed by atoms with E-state index < -0.39 is 6.10 Å². The van der Waals surface area contributed by atoms with Crippen LogP contribution in [-0.2, 0) is 4.74 Å². The SMILES string of the molecule is OC(CCC1CCCO1)c1ccc(Cl)c2ccccc12. The van der Waals surface area contributed by atoms with Crippen molar-refractivity contribution in [3.63, 3.8) is 0 Å². The van der Waals surface area contributed by atoms with Gasteiger partial charge in [0.25, 0.3) is 0 Å². The van der Waals surface area contributed by atoms with Crippen molar-refractivity contribution in [2.24, 2.45) is 0 Å². The first-order chi connectivity index (χ1) is 9.75. The zero-order chi connectivity index (χ0) is 13.9. The Morgan fingerprint density at radius 1 is 1.20 bits per heavy atom. The van der Waals surface area contributed by atoms with Gasteiger partial charge in [0.05, 0.1) is 12.2 Å². The molecule has 1 heterocycles. The van der Waals surface area contributed by atoms with Crippen LogP contribution in [-0.4, -0.2) is 17.8 Å². The molecule has 2 aromatic rings. The van der Waals surface area contributed by atoms with Crippen LogP contribution in [0.25, 0.3) is 10.8 Å². The summed E-state index contributed by atoms with van der Waals surface area (Å²) >= 11 is 6.21. The molecule has 2 aromatic carbocycles. The Balaban J connectivity index is 1.80. The van der Waals surface area contributed by atoms with Crippen LogP contribution in [0.5, 0.6) is 0 Å². The van der Waals surface area contributed by atoms with Crippen molar-refractivity contribution in [3.8, 4) is 0 Å². The van der Waals surface area contributed by atoms with Crippen molar-refractivity contribution in [3.05, 3.63) is 47.0 Å². The third-order valence-corrected chi connectivity index (χ3v) is 4.38. The molecule has 2 atom stereocenters. The normalized spacial score (nSPS) is 20.4. The molecule has 0 spiro atoms. The molecule has 0 saturated carbocycles. The maximum absolute atomic E-state index is 10.5. The summed E-state index contributed by atoms with van der Waals surface area (Å²) in [5.74, 6) is 0. The standard InChI is InChI=1S/C17H19ClO2/c18-16-9-8-15(13-5-1-2-6-14(13)16)17(19)10-7-12-4-3-11-20-12/h1-2,5-6,8-9,12,17,19H,3-4,7,10-11H2. The molecule has 2 unspecified atom stereocenters. The van der Waals surface area contributed by atoms with E-state index in [0.717, 1.165) is 53.6 Å². The minimum atomic E-state index is -0.457. The number of hydrogen-bond donors (Lipinski definition) is 1. The highest BCUT2D eigenvalue weighted by atomic mass is 35.5. The van der Waals surface area contributed by atoms with E-state index >= 15 is 0 Å². The van der Waals surface area contributed by atoms with Gasteiger partial charge in [0.2, 0.25) is 0 Å². The first-order valence-electron chi connectivity index (χ1n) is 7.22. The van der Waals surface area contributed by atoms with Gasteiger partial charge in [-0.25, -0.2) is 0 Å². The van der Waals surface area contributed by atoms with Gasteiger partial charge in [-0.3, -0.25) is 0 Å². The summed E-state index contributed by atoms with van der Waals surface area (Å²) < 4.78 is 5.61. The van der Waals surface area contributed by atoms with Crippen LogP contribution in [0, 0.1) is 0 Å². The lowest BCUT2D eigenvalue weighted by Crippen LogP contribution is -2.08. The van der Waals surface area contributed by atoms with Gasteiger partial charge in [-0.15, -0.1) is 0 Å². The molecule has 3 rings (SSSR count). The number of rotatable bonds is 4. The van der Waals surface area contributed by atoms with Crippen molar-refractivity contribution in [1.82, 2.24) is 0 Å². The fourth-order valence-corrected chi connectivity index (χ4v) is 3.18. The van der Waals surface area contributed by atoms with Crippen LogP contribution in [0.4, 0.5) is 0 Å². The monoisotopic (exact) mass is 290 g/mol. The largest absolute Gasteiger partial charge is 0.388 e. The van der Waals surface area contributed by atoms with E-state index in [4.69, 9.17) is 16.3 Å². The molecular formula is C17H19ClO2. The second-order valence-electron chi connectivity index (χ2n) is 5.41. The summed E-state index contributed by atoms with van der Waals surface area (Å²) in [5, 5.41) is 13.2. The number of ether oxygens (including phenoxy) is 1. The third-order valence-electron chi connectivity index (χ3n) is 4.05. The van der Waals surface area contributed by atoms with Crippen LogP contribution >= 0.6 is 11.6 Å². The summed E-state index contributed by atoms with van der Waals surface area (Å²) in [4.78, 5) is 0. The van der Waals surface area contributed by atoms with Crippen LogP contribution in [0.3, 0.4) is 0 Å². The molecule has 0 amide bonds. The topological polar surface area (TPSA) is 29.5 Å². The van der Waals surface area contributed by atoms with Gasteiger partial charge in [-0.1, -0.05) is 41.9 Å². The lowest BCUT2D eigenvalue weighted by atomic mass is 9.96. The second kappa shape index (κ2) is 6.13. The molecule has 1 N–H and O–H groups in total. The Hall–Kier alpha value is -1.09. The lowest BCUT2D eigenvalue weighted by molar-refractivity contribution is 0.0816. The summed E-state index contributed by atoms with van der Waals surface area (Å²) in [6.07, 6.45) is 3.78. The van der Waals surface area contributed by atoms with Gasteiger partial charge in [0.1, 0.15) is 0 Å². The van der Waals surface area contributed by atoms with Crippen LogP contribution in [0.2, 0.25) is 5.02 Å². The molecule has 0 bridgehead atoms. The van der Waals surface area contributed by atoms with E-state index in [1.807, 2.05) is 36.4 Å². The molecule has 1 aliphatic rings. The molecule has 2 nitrogen and oxygen atoms in total. The average Bonchev–Trinajstić information content (AvgIpc) is 2.99. The molecule has 0 aromatic heterocycles. The zero-order valence-corrected chi connectivity index (χ0v) is 12.1. The van der Waals surface area contributed by atoms with Gasteiger partial charge >= 0.3 is 0 Å². The number of fused-ring (bicyclic) bond motifs is 1. The van der Waals surface area contributed by atoms with E-state index in [-0.39, 0.29) is 0 Å². The molecule has 1 fully saturated rings. The van der Waals surface area contributed by atoms with Crippen molar-refractivity contribution >= 4 is 22.4 Å². The van der Waals surface area contributed by atoms with E-state index in [0.29, 0.717) is 6.10 Å². The predicted octanol–water partition coefficient (Wildman–Crippen LogP) is 4.49. The van der Waals surface area contributed by atoms with Crippen molar-refractivity contribution < 1.29 is 9.84 Å². The Labute approximate surface area is 124 Å². The maximum atomic E-state index is 10.5. The molecule has 3 heteroatoms. The second-order valence-corrected chi connectivity index (χ2v) is 5.82. The van der Waals surface area contributed by atoms with E-state index in [9.17, 15) is 5.11 Å².